The monoisotopic (exact) mass is 284 g/mol. The maximum Gasteiger partial charge on any atom is 0.231 e. The molecule has 3 rings (SSSR count). The van der Waals surface area contributed by atoms with Gasteiger partial charge >= 0.3 is 0 Å². The largest absolute Gasteiger partial charge is 0.496 e. The highest BCUT2D eigenvalue weighted by molar-refractivity contribution is 5.80. The third-order valence-corrected chi connectivity index (χ3v) is 3.16. The molecule has 108 valence electrons. The second-order valence-electron chi connectivity index (χ2n) is 4.52. The first-order chi connectivity index (χ1) is 10.4. The molecule has 0 saturated heterocycles. The SMILES string of the molecule is COc1ccccc1CN/N=C/c1ccc2c(c1)OCO2. The number of nitrogens with zero attached hydrogens (tertiary/aromatic N) is 1. The Bertz CT molecular complexity index is 656. The van der Waals surface area contributed by atoms with Crippen LogP contribution in [0.25, 0.3) is 0 Å². The Hall–Kier alpha value is -2.69. The van der Waals surface area contributed by atoms with Crippen LogP contribution in [0, 0.1) is 0 Å². The summed E-state index contributed by atoms with van der Waals surface area (Å²) in [5.41, 5.74) is 5.02. The fraction of sp³-hybridized carbons (Fsp3) is 0.188. The summed E-state index contributed by atoms with van der Waals surface area (Å²) in [4.78, 5) is 0. The van der Waals surface area contributed by atoms with Crippen molar-refractivity contribution < 1.29 is 14.2 Å². The van der Waals surface area contributed by atoms with Gasteiger partial charge in [-0.3, -0.25) is 0 Å². The molecule has 0 aliphatic carbocycles. The molecular weight excluding hydrogens is 268 g/mol. The summed E-state index contributed by atoms with van der Waals surface area (Å²) >= 11 is 0. The van der Waals surface area contributed by atoms with Gasteiger partial charge in [0.15, 0.2) is 11.5 Å². The molecule has 1 aliphatic heterocycles. The van der Waals surface area contributed by atoms with Crippen molar-refractivity contribution in [3.05, 3.63) is 53.6 Å². The Morgan fingerprint density at radius 1 is 1.19 bits per heavy atom. The topological polar surface area (TPSA) is 52.1 Å². The molecular formula is C16H16N2O3. The van der Waals surface area contributed by atoms with Crippen LogP contribution in [0.1, 0.15) is 11.1 Å². The Labute approximate surface area is 123 Å². The van der Waals surface area contributed by atoms with Gasteiger partial charge in [-0.15, -0.1) is 0 Å². The Morgan fingerprint density at radius 3 is 2.95 bits per heavy atom. The van der Waals surface area contributed by atoms with E-state index in [2.05, 4.69) is 10.5 Å². The zero-order valence-corrected chi connectivity index (χ0v) is 11.7. The lowest BCUT2D eigenvalue weighted by molar-refractivity contribution is 0.174. The van der Waals surface area contributed by atoms with Crippen LogP contribution in [-0.4, -0.2) is 20.1 Å². The summed E-state index contributed by atoms with van der Waals surface area (Å²) in [7, 11) is 1.66. The highest BCUT2D eigenvalue weighted by atomic mass is 16.7. The van der Waals surface area contributed by atoms with Crippen LogP contribution in [0.5, 0.6) is 17.2 Å². The van der Waals surface area contributed by atoms with E-state index in [4.69, 9.17) is 14.2 Å². The van der Waals surface area contributed by atoms with Gasteiger partial charge in [-0.25, -0.2) is 0 Å². The van der Waals surface area contributed by atoms with Crippen LogP contribution >= 0.6 is 0 Å². The molecule has 0 radical (unpaired) electrons. The highest BCUT2D eigenvalue weighted by Gasteiger charge is 2.12. The lowest BCUT2D eigenvalue weighted by atomic mass is 10.2. The van der Waals surface area contributed by atoms with Gasteiger partial charge in [-0.1, -0.05) is 18.2 Å². The predicted octanol–water partition coefficient (Wildman–Crippen LogP) is 2.55. The minimum atomic E-state index is 0.280. The van der Waals surface area contributed by atoms with Crippen molar-refractivity contribution >= 4 is 6.21 Å². The number of hydrogen-bond donors (Lipinski definition) is 1. The van der Waals surface area contributed by atoms with Crippen LogP contribution in [0.2, 0.25) is 0 Å². The van der Waals surface area contributed by atoms with Gasteiger partial charge in [-0.2, -0.15) is 5.10 Å². The second-order valence-corrected chi connectivity index (χ2v) is 4.52. The van der Waals surface area contributed by atoms with Crippen molar-refractivity contribution in [2.24, 2.45) is 5.10 Å². The van der Waals surface area contributed by atoms with Gasteiger partial charge in [0.05, 0.1) is 19.9 Å². The van der Waals surface area contributed by atoms with E-state index in [1.54, 1.807) is 13.3 Å². The third-order valence-electron chi connectivity index (χ3n) is 3.16. The Kier molecular flexibility index (Phi) is 3.91. The average Bonchev–Trinajstić information content (AvgIpc) is 2.99. The predicted molar refractivity (Wildman–Crippen MR) is 80.0 cm³/mol. The molecule has 21 heavy (non-hydrogen) atoms. The van der Waals surface area contributed by atoms with Gasteiger partial charge in [-0.05, 0) is 29.8 Å². The van der Waals surface area contributed by atoms with E-state index < -0.39 is 0 Å². The average molecular weight is 284 g/mol. The first kappa shape index (κ1) is 13.3. The quantitative estimate of drug-likeness (QED) is 0.677. The molecule has 0 bridgehead atoms. The third kappa shape index (κ3) is 3.08. The van der Waals surface area contributed by atoms with Crippen molar-refractivity contribution in [1.29, 1.82) is 0 Å². The molecule has 0 aromatic heterocycles. The lowest BCUT2D eigenvalue weighted by Crippen LogP contribution is -2.06. The summed E-state index contributed by atoms with van der Waals surface area (Å²) in [6.45, 7) is 0.882. The smallest absolute Gasteiger partial charge is 0.231 e. The fourth-order valence-electron chi connectivity index (χ4n) is 2.09. The summed E-state index contributed by atoms with van der Waals surface area (Å²) in [5, 5.41) is 4.21. The van der Waals surface area contributed by atoms with E-state index in [0.717, 1.165) is 28.4 Å². The van der Waals surface area contributed by atoms with E-state index in [9.17, 15) is 0 Å². The number of hydrogen-bond acceptors (Lipinski definition) is 5. The summed E-state index contributed by atoms with van der Waals surface area (Å²) in [6, 6.07) is 13.6. The van der Waals surface area contributed by atoms with Crippen LogP contribution in [-0.2, 0) is 6.54 Å². The lowest BCUT2D eigenvalue weighted by Gasteiger charge is -2.07. The Balaban J connectivity index is 1.60. The molecule has 0 unspecified atom stereocenters. The van der Waals surface area contributed by atoms with E-state index in [1.807, 2.05) is 42.5 Å². The molecule has 5 heteroatoms. The standard InChI is InChI=1S/C16H16N2O3/c1-19-14-5-3-2-4-13(14)10-18-17-9-12-6-7-15-16(8-12)21-11-20-15/h2-9,18H,10-11H2,1H3/b17-9+. The van der Waals surface area contributed by atoms with Crippen molar-refractivity contribution in [1.82, 2.24) is 5.43 Å². The number of fused-ring (bicyclic) bond motifs is 1. The molecule has 0 amide bonds. The second kappa shape index (κ2) is 6.17. The maximum atomic E-state index is 5.32. The zero-order valence-electron chi connectivity index (χ0n) is 11.7. The molecule has 0 saturated carbocycles. The van der Waals surface area contributed by atoms with Gasteiger partial charge in [0.25, 0.3) is 0 Å². The van der Waals surface area contributed by atoms with Crippen molar-refractivity contribution in [3.8, 4) is 17.2 Å². The first-order valence-corrected chi connectivity index (χ1v) is 6.64. The molecule has 1 aliphatic rings. The maximum absolute atomic E-state index is 5.32. The normalized spacial score (nSPS) is 12.6. The number of nitrogens with one attached hydrogen (secondary N) is 1. The van der Waals surface area contributed by atoms with E-state index in [1.165, 1.54) is 0 Å². The van der Waals surface area contributed by atoms with E-state index in [0.29, 0.717) is 6.54 Å². The number of benzene rings is 2. The number of ether oxygens (including phenoxy) is 3. The van der Waals surface area contributed by atoms with Crippen LogP contribution < -0.4 is 19.6 Å². The number of rotatable bonds is 5. The molecule has 0 atom stereocenters. The molecule has 1 heterocycles. The minimum Gasteiger partial charge on any atom is -0.496 e. The van der Waals surface area contributed by atoms with Crippen molar-refractivity contribution in [2.45, 2.75) is 6.54 Å². The molecule has 5 nitrogen and oxygen atoms in total. The van der Waals surface area contributed by atoms with Gasteiger partial charge < -0.3 is 19.6 Å². The molecule has 0 spiro atoms. The van der Waals surface area contributed by atoms with Gasteiger partial charge in [0.2, 0.25) is 6.79 Å². The molecule has 0 fully saturated rings. The summed E-state index contributed by atoms with van der Waals surface area (Å²) < 4.78 is 15.9. The minimum absolute atomic E-state index is 0.280. The van der Waals surface area contributed by atoms with E-state index >= 15 is 0 Å². The summed E-state index contributed by atoms with van der Waals surface area (Å²) in [6.07, 6.45) is 1.75. The van der Waals surface area contributed by atoms with Crippen molar-refractivity contribution in [3.63, 3.8) is 0 Å². The number of para-hydroxylation sites is 1. The zero-order chi connectivity index (χ0) is 14.5. The first-order valence-electron chi connectivity index (χ1n) is 6.64. The van der Waals surface area contributed by atoms with Crippen LogP contribution in [0.15, 0.2) is 47.6 Å². The highest BCUT2D eigenvalue weighted by Crippen LogP contribution is 2.31. The molecule has 2 aromatic rings. The fourth-order valence-corrected chi connectivity index (χ4v) is 2.09. The molecule has 2 aromatic carbocycles. The van der Waals surface area contributed by atoms with Crippen molar-refractivity contribution in [2.75, 3.05) is 13.9 Å². The Morgan fingerprint density at radius 2 is 2.05 bits per heavy atom. The van der Waals surface area contributed by atoms with Crippen LogP contribution in [0.4, 0.5) is 0 Å². The summed E-state index contributed by atoms with van der Waals surface area (Å²) in [5.74, 6) is 2.38. The van der Waals surface area contributed by atoms with Gasteiger partial charge in [0, 0.05) is 5.56 Å². The number of methoxy groups -OCH3 is 1. The van der Waals surface area contributed by atoms with E-state index in [-0.39, 0.29) is 6.79 Å². The van der Waals surface area contributed by atoms with Crippen LogP contribution in [0.3, 0.4) is 0 Å². The molecule has 1 N–H and O–H groups in total. The number of hydrazone groups is 1. The van der Waals surface area contributed by atoms with Gasteiger partial charge in [0.1, 0.15) is 5.75 Å².